The van der Waals surface area contributed by atoms with Crippen LogP contribution in [0.5, 0.6) is 0 Å². The first-order valence-corrected chi connectivity index (χ1v) is 10.1. The third kappa shape index (κ3) is 5.44. The summed E-state index contributed by atoms with van der Waals surface area (Å²) in [6.07, 6.45) is -4.07. The predicted octanol–water partition coefficient (Wildman–Crippen LogP) is -1.87. The topological polar surface area (TPSA) is 190 Å². The van der Waals surface area contributed by atoms with Crippen LogP contribution < -0.4 is 5.14 Å². The van der Waals surface area contributed by atoms with Gasteiger partial charge >= 0.3 is 33.0 Å². The van der Waals surface area contributed by atoms with Gasteiger partial charge in [-0.05, 0) is 13.8 Å². The smallest absolute Gasteiger partial charge is 0.333 e. The van der Waals surface area contributed by atoms with Crippen LogP contribution in [0.25, 0.3) is 0 Å². The number of ether oxygens (including phenoxy) is 3. The maximum absolute atomic E-state index is 11.1. The van der Waals surface area contributed by atoms with E-state index in [4.69, 9.17) is 32.6 Å². The molecule has 0 bridgehead atoms. The van der Waals surface area contributed by atoms with E-state index >= 15 is 0 Å². The summed E-state index contributed by atoms with van der Waals surface area (Å²) in [4.78, 5) is 0. The summed E-state index contributed by atoms with van der Waals surface area (Å²) >= 11 is -5.55. The molecule has 0 spiro atoms. The molecule has 2 unspecified atom stereocenters. The van der Waals surface area contributed by atoms with Crippen molar-refractivity contribution in [2.45, 2.75) is 43.7 Å². The van der Waals surface area contributed by atoms with E-state index in [1.165, 1.54) is 13.8 Å². The molecule has 0 aromatic rings. The first-order valence-electron chi connectivity index (χ1n) is 6.59. The van der Waals surface area contributed by atoms with Crippen molar-refractivity contribution in [2.24, 2.45) is 5.14 Å². The van der Waals surface area contributed by atoms with Gasteiger partial charge in [0.25, 0.3) is 0 Å². The highest BCUT2D eigenvalue weighted by Crippen LogP contribution is 2.44. The van der Waals surface area contributed by atoms with Crippen molar-refractivity contribution < 1.29 is 52.7 Å². The standard InChI is InChI=1S/C9H17NO12S3/c1-8(2)19-7-6(21-24(13)14)5(20-23(11)12)3-17-9(7,22-8)4-18-25(10,15)16/h5-7H,3-4H2,1-2H3,(H,11,12)(H,13,14)(H2,10,15,16)/t5-,6-,7+,9+/m1/s1. The van der Waals surface area contributed by atoms with Gasteiger partial charge in [0.1, 0.15) is 24.9 Å². The maximum Gasteiger partial charge on any atom is 0.333 e. The van der Waals surface area contributed by atoms with Gasteiger partial charge in [0.15, 0.2) is 5.79 Å². The van der Waals surface area contributed by atoms with Crippen molar-refractivity contribution >= 4 is 33.0 Å². The Labute approximate surface area is 148 Å². The molecule has 148 valence electrons. The minimum Gasteiger partial charge on any atom is -0.343 e. The molecule has 0 aromatic heterocycles. The number of hydrogen-bond acceptors (Lipinski definition) is 10. The summed E-state index contributed by atoms with van der Waals surface area (Å²) in [6, 6.07) is 0. The van der Waals surface area contributed by atoms with Crippen molar-refractivity contribution in [1.29, 1.82) is 0 Å². The molecule has 2 aliphatic heterocycles. The molecule has 25 heavy (non-hydrogen) atoms. The Morgan fingerprint density at radius 2 is 1.84 bits per heavy atom. The molecule has 0 radical (unpaired) electrons. The van der Waals surface area contributed by atoms with Crippen LogP contribution in [0.1, 0.15) is 13.8 Å². The van der Waals surface area contributed by atoms with E-state index in [0.717, 1.165) is 0 Å². The van der Waals surface area contributed by atoms with Crippen molar-refractivity contribution in [2.75, 3.05) is 13.2 Å². The zero-order valence-electron chi connectivity index (χ0n) is 12.9. The van der Waals surface area contributed by atoms with E-state index in [-0.39, 0.29) is 0 Å². The van der Waals surface area contributed by atoms with Crippen LogP contribution in [0.3, 0.4) is 0 Å². The fourth-order valence-electron chi connectivity index (χ4n) is 2.55. The number of fused-ring (bicyclic) bond motifs is 1. The van der Waals surface area contributed by atoms with E-state index in [2.05, 4.69) is 8.37 Å². The van der Waals surface area contributed by atoms with Crippen molar-refractivity contribution in [3.8, 4) is 0 Å². The number of hydrogen-bond donors (Lipinski definition) is 3. The molecule has 2 rings (SSSR count). The molecule has 4 N–H and O–H groups in total. The van der Waals surface area contributed by atoms with Crippen LogP contribution in [0.15, 0.2) is 0 Å². The summed E-state index contributed by atoms with van der Waals surface area (Å²) < 4.78 is 92.6. The van der Waals surface area contributed by atoms with E-state index < -0.39 is 76.1 Å². The molecular weight excluding hydrogens is 410 g/mol. The molecule has 2 aliphatic rings. The van der Waals surface area contributed by atoms with Gasteiger partial charge in [-0.1, -0.05) is 0 Å². The average molecular weight is 427 g/mol. The lowest BCUT2D eigenvalue weighted by atomic mass is 9.98. The average Bonchev–Trinajstić information content (AvgIpc) is 2.69. The fourth-order valence-corrected chi connectivity index (χ4v) is 3.67. The molecule has 0 saturated carbocycles. The molecule has 0 aromatic carbocycles. The van der Waals surface area contributed by atoms with Gasteiger partial charge in [-0.2, -0.15) is 16.8 Å². The van der Waals surface area contributed by atoms with Gasteiger partial charge in [0.05, 0.1) is 6.61 Å². The zero-order valence-corrected chi connectivity index (χ0v) is 15.4. The van der Waals surface area contributed by atoms with Crippen molar-refractivity contribution in [3.05, 3.63) is 0 Å². The molecule has 0 amide bonds. The Bertz CT molecular complexity index is 652. The van der Waals surface area contributed by atoms with Crippen LogP contribution >= 0.6 is 0 Å². The van der Waals surface area contributed by atoms with Gasteiger partial charge in [-0.3, -0.25) is 21.7 Å². The van der Waals surface area contributed by atoms with Gasteiger partial charge in [0.2, 0.25) is 5.79 Å². The molecule has 0 aliphatic carbocycles. The molecule has 2 saturated heterocycles. The van der Waals surface area contributed by atoms with Gasteiger partial charge in [-0.25, -0.2) is 5.14 Å². The quantitative estimate of drug-likeness (QED) is 0.384. The second kappa shape index (κ2) is 7.49. The minimum absolute atomic E-state index is 0.460. The predicted molar refractivity (Wildman–Crippen MR) is 79.1 cm³/mol. The van der Waals surface area contributed by atoms with E-state index in [0.29, 0.717) is 0 Å². The maximum atomic E-state index is 11.1. The van der Waals surface area contributed by atoms with Crippen LogP contribution in [0, 0.1) is 0 Å². The van der Waals surface area contributed by atoms with Crippen LogP contribution in [-0.2, 0) is 59.8 Å². The lowest BCUT2D eigenvalue weighted by Gasteiger charge is -2.42. The van der Waals surface area contributed by atoms with Gasteiger partial charge in [0, 0.05) is 0 Å². The Balaban J connectivity index is 2.34. The Morgan fingerprint density at radius 1 is 1.24 bits per heavy atom. The number of nitrogens with two attached hydrogens (primary N) is 1. The highest BCUT2D eigenvalue weighted by atomic mass is 32.2. The third-order valence-corrected chi connectivity index (χ3v) is 4.49. The molecule has 16 heteroatoms. The minimum atomic E-state index is -4.36. The molecule has 6 atom stereocenters. The van der Waals surface area contributed by atoms with Gasteiger partial charge in [-0.15, -0.1) is 0 Å². The Hall–Kier alpha value is -0.110. The van der Waals surface area contributed by atoms with E-state index in [1.807, 2.05) is 0 Å². The lowest BCUT2D eigenvalue weighted by molar-refractivity contribution is -0.295. The fraction of sp³-hybridized carbons (Fsp3) is 1.00. The van der Waals surface area contributed by atoms with Crippen LogP contribution in [0.2, 0.25) is 0 Å². The van der Waals surface area contributed by atoms with E-state index in [9.17, 15) is 16.8 Å². The summed E-state index contributed by atoms with van der Waals surface area (Å²) in [5.41, 5.74) is 0. The van der Waals surface area contributed by atoms with E-state index in [1.54, 1.807) is 0 Å². The van der Waals surface area contributed by atoms with Gasteiger partial charge < -0.3 is 14.2 Å². The van der Waals surface area contributed by atoms with Crippen LogP contribution in [-0.4, -0.2) is 69.0 Å². The largest absolute Gasteiger partial charge is 0.343 e. The summed E-state index contributed by atoms with van der Waals surface area (Å²) in [5, 5.41) is 4.79. The monoisotopic (exact) mass is 427 g/mol. The highest BCUT2D eigenvalue weighted by Gasteiger charge is 2.63. The number of rotatable bonds is 7. The van der Waals surface area contributed by atoms with Crippen molar-refractivity contribution in [1.82, 2.24) is 0 Å². The Kier molecular flexibility index (Phi) is 6.35. The highest BCUT2D eigenvalue weighted by molar-refractivity contribution is 7.84. The summed E-state index contributed by atoms with van der Waals surface area (Å²) in [7, 11) is -4.36. The third-order valence-electron chi connectivity index (χ3n) is 3.24. The SMILES string of the molecule is CC1(C)O[C@H]2[C@H](OS(=O)O)[C@H](OS(=O)O)CO[C@@]2(COS(N)(=O)=O)O1. The molecule has 2 heterocycles. The zero-order chi connectivity index (χ0) is 19.0. The lowest BCUT2D eigenvalue weighted by Crippen LogP contribution is -2.63. The summed E-state index contributed by atoms with van der Waals surface area (Å²) in [6.45, 7) is 1.70. The normalized spacial score (nSPS) is 37.4. The molecular formula is C9H17NO12S3. The molecule has 2 fully saturated rings. The first kappa shape index (κ1) is 21.2. The Morgan fingerprint density at radius 3 is 2.36 bits per heavy atom. The second-order valence-corrected chi connectivity index (χ2v) is 8.02. The first-order chi connectivity index (χ1) is 11.3. The summed E-state index contributed by atoms with van der Waals surface area (Å²) in [5.74, 6) is -3.21. The second-order valence-electron chi connectivity index (χ2n) is 5.55. The molecule has 13 nitrogen and oxygen atoms in total. The van der Waals surface area contributed by atoms with Crippen LogP contribution in [0.4, 0.5) is 0 Å². The van der Waals surface area contributed by atoms with Crippen molar-refractivity contribution in [3.63, 3.8) is 0 Å².